The molecule has 2 unspecified atom stereocenters. The molecule has 1 aromatic rings. The predicted molar refractivity (Wildman–Crippen MR) is 116 cm³/mol. The summed E-state index contributed by atoms with van der Waals surface area (Å²) < 4.78 is 23.3. The number of aliphatic imine (C=N–C) groups is 1. The van der Waals surface area contributed by atoms with Crippen molar-refractivity contribution in [1.29, 1.82) is 0 Å². The van der Waals surface area contributed by atoms with Crippen molar-refractivity contribution in [3.05, 3.63) is 30.3 Å². The van der Waals surface area contributed by atoms with Gasteiger partial charge in [0.15, 0.2) is 15.8 Å². The maximum atomic E-state index is 11.7. The second kappa shape index (κ2) is 9.60. The minimum atomic E-state index is -2.89. The molecular weight excluding hydrogens is 374 g/mol. The third-order valence-electron chi connectivity index (χ3n) is 5.49. The van der Waals surface area contributed by atoms with Gasteiger partial charge in [0.05, 0.1) is 18.1 Å². The van der Waals surface area contributed by atoms with Crippen molar-refractivity contribution in [3.63, 3.8) is 0 Å². The van der Waals surface area contributed by atoms with Gasteiger partial charge in [-0.05, 0) is 32.4 Å². The molecule has 156 valence electrons. The first-order valence-corrected chi connectivity index (χ1v) is 12.1. The molecule has 0 bridgehead atoms. The molecule has 2 N–H and O–H groups in total. The van der Waals surface area contributed by atoms with Gasteiger partial charge in [-0.15, -0.1) is 0 Å². The van der Waals surface area contributed by atoms with Crippen LogP contribution in [0.2, 0.25) is 0 Å². The van der Waals surface area contributed by atoms with E-state index in [1.54, 1.807) is 0 Å². The summed E-state index contributed by atoms with van der Waals surface area (Å²) in [6, 6.07) is 10.9. The molecule has 2 atom stereocenters. The molecule has 2 heterocycles. The first-order chi connectivity index (χ1) is 13.5. The summed E-state index contributed by atoms with van der Waals surface area (Å²) in [5, 5.41) is 6.53. The van der Waals surface area contributed by atoms with Gasteiger partial charge in [0.1, 0.15) is 0 Å². The van der Waals surface area contributed by atoms with Gasteiger partial charge >= 0.3 is 0 Å². The molecule has 0 amide bonds. The van der Waals surface area contributed by atoms with Crippen molar-refractivity contribution in [2.75, 3.05) is 55.7 Å². The van der Waals surface area contributed by atoms with Crippen LogP contribution >= 0.6 is 0 Å². The van der Waals surface area contributed by atoms with Crippen LogP contribution in [0.25, 0.3) is 0 Å². The van der Waals surface area contributed by atoms with Gasteiger partial charge in [0.25, 0.3) is 0 Å². The van der Waals surface area contributed by atoms with E-state index >= 15 is 0 Å². The summed E-state index contributed by atoms with van der Waals surface area (Å²) in [6.07, 6.45) is 0.656. The van der Waals surface area contributed by atoms with Gasteiger partial charge in [-0.2, -0.15) is 0 Å². The van der Waals surface area contributed by atoms with Crippen LogP contribution in [0.1, 0.15) is 20.3 Å². The number of hydrogen-bond acceptors (Lipinski definition) is 5. The molecular formula is C20H33N5O2S. The monoisotopic (exact) mass is 407 g/mol. The van der Waals surface area contributed by atoms with Crippen molar-refractivity contribution in [1.82, 2.24) is 15.5 Å². The van der Waals surface area contributed by atoms with Crippen molar-refractivity contribution >= 4 is 21.5 Å². The second-order valence-electron chi connectivity index (χ2n) is 7.67. The highest BCUT2D eigenvalue weighted by molar-refractivity contribution is 7.91. The lowest BCUT2D eigenvalue weighted by Crippen LogP contribution is -2.51. The number of piperazine rings is 1. The van der Waals surface area contributed by atoms with Crippen LogP contribution in [0.3, 0.4) is 0 Å². The minimum Gasteiger partial charge on any atom is -0.369 e. The van der Waals surface area contributed by atoms with Gasteiger partial charge in [0.2, 0.25) is 0 Å². The van der Waals surface area contributed by atoms with E-state index in [0.29, 0.717) is 19.0 Å². The fourth-order valence-electron chi connectivity index (χ4n) is 3.82. The Bertz CT molecular complexity index is 745. The Morgan fingerprint density at radius 3 is 2.54 bits per heavy atom. The molecule has 0 saturated carbocycles. The van der Waals surface area contributed by atoms with Crippen molar-refractivity contribution in [2.24, 2.45) is 4.99 Å². The molecule has 1 aromatic carbocycles. The molecule has 7 nitrogen and oxygen atoms in total. The molecule has 2 aliphatic rings. The van der Waals surface area contributed by atoms with E-state index < -0.39 is 9.84 Å². The lowest BCUT2D eigenvalue weighted by atomic mass is 10.2. The maximum absolute atomic E-state index is 11.7. The van der Waals surface area contributed by atoms with E-state index in [9.17, 15) is 8.42 Å². The molecule has 0 radical (unpaired) electrons. The van der Waals surface area contributed by atoms with Gasteiger partial charge in [-0.3, -0.25) is 9.89 Å². The fraction of sp³-hybridized carbons (Fsp3) is 0.650. The highest BCUT2D eigenvalue weighted by Crippen LogP contribution is 2.16. The number of rotatable bonds is 6. The Morgan fingerprint density at radius 1 is 1.21 bits per heavy atom. The molecule has 3 rings (SSSR count). The van der Waals surface area contributed by atoms with Crippen molar-refractivity contribution in [2.45, 2.75) is 32.4 Å². The summed E-state index contributed by atoms with van der Waals surface area (Å²) >= 11 is 0. The number of nitrogens with one attached hydrogen (secondary N) is 2. The smallest absolute Gasteiger partial charge is 0.191 e. The van der Waals surface area contributed by atoms with Crippen LogP contribution in [0.5, 0.6) is 0 Å². The number of guanidine groups is 1. The Hall–Kier alpha value is -1.80. The summed E-state index contributed by atoms with van der Waals surface area (Å²) in [5.74, 6) is 1.19. The van der Waals surface area contributed by atoms with Crippen molar-refractivity contribution in [3.8, 4) is 0 Å². The van der Waals surface area contributed by atoms with Crippen LogP contribution in [0.15, 0.2) is 35.3 Å². The van der Waals surface area contributed by atoms with Crippen LogP contribution in [0, 0.1) is 0 Å². The molecule has 2 aliphatic heterocycles. The van der Waals surface area contributed by atoms with Gasteiger partial charge < -0.3 is 15.5 Å². The summed E-state index contributed by atoms with van der Waals surface area (Å²) in [4.78, 5) is 9.63. The Morgan fingerprint density at radius 2 is 1.93 bits per heavy atom. The maximum Gasteiger partial charge on any atom is 0.191 e. The average Bonchev–Trinajstić information content (AvgIpc) is 3.05. The number of benzene rings is 1. The number of nitrogens with zero attached hydrogens (tertiary/aromatic N) is 3. The van der Waals surface area contributed by atoms with Crippen molar-refractivity contribution < 1.29 is 8.42 Å². The van der Waals surface area contributed by atoms with E-state index in [2.05, 4.69) is 57.7 Å². The normalized spacial score (nSPS) is 24.1. The van der Waals surface area contributed by atoms with E-state index in [4.69, 9.17) is 4.99 Å². The van der Waals surface area contributed by atoms with Crippen LogP contribution < -0.4 is 15.5 Å². The topological polar surface area (TPSA) is 77.0 Å². The molecule has 2 fully saturated rings. The highest BCUT2D eigenvalue weighted by Gasteiger charge is 2.28. The van der Waals surface area contributed by atoms with E-state index in [1.165, 1.54) is 5.69 Å². The van der Waals surface area contributed by atoms with Crippen LogP contribution in [-0.2, 0) is 9.84 Å². The largest absolute Gasteiger partial charge is 0.369 e. The number of sulfone groups is 1. The highest BCUT2D eigenvalue weighted by atomic mass is 32.2. The minimum absolute atomic E-state index is 0.0347. The zero-order chi connectivity index (χ0) is 20.0. The van der Waals surface area contributed by atoms with Gasteiger partial charge in [0, 0.05) is 50.5 Å². The Kier molecular flexibility index (Phi) is 7.18. The predicted octanol–water partition coefficient (Wildman–Crippen LogP) is 0.939. The molecule has 0 spiro atoms. The SMILES string of the molecule is CCNC(=NCC(C)N1CCN(c2ccccc2)CC1)NC1CCS(=O)(=O)C1. The van der Waals surface area contributed by atoms with E-state index in [0.717, 1.165) is 38.7 Å². The lowest BCUT2D eigenvalue weighted by molar-refractivity contribution is 0.201. The van der Waals surface area contributed by atoms with E-state index in [1.807, 2.05) is 6.92 Å². The standard InChI is InChI=1S/C20H33N5O2S/c1-3-21-20(23-18-9-14-28(26,27)16-18)22-15-17(2)24-10-12-25(13-11-24)19-7-5-4-6-8-19/h4-8,17-18H,3,9-16H2,1-2H3,(H2,21,22,23). The molecule has 8 heteroatoms. The van der Waals surface area contributed by atoms with Gasteiger partial charge in [-0.1, -0.05) is 18.2 Å². The van der Waals surface area contributed by atoms with Gasteiger partial charge in [-0.25, -0.2) is 8.42 Å². The quantitative estimate of drug-likeness (QED) is 0.540. The average molecular weight is 408 g/mol. The Labute approximate surface area is 169 Å². The first kappa shape index (κ1) is 20.9. The Balaban J connectivity index is 1.49. The van der Waals surface area contributed by atoms with Crippen LogP contribution in [-0.4, -0.2) is 82.1 Å². The second-order valence-corrected chi connectivity index (χ2v) is 9.90. The fourth-order valence-corrected chi connectivity index (χ4v) is 5.49. The zero-order valence-electron chi connectivity index (χ0n) is 17.0. The number of para-hydroxylation sites is 1. The molecule has 28 heavy (non-hydrogen) atoms. The molecule has 0 aliphatic carbocycles. The summed E-state index contributed by atoms with van der Waals surface area (Å²) in [5.41, 5.74) is 1.29. The molecule has 2 saturated heterocycles. The lowest BCUT2D eigenvalue weighted by Gasteiger charge is -2.38. The third kappa shape index (κ3) is 5.85. The summed E-state index contributed by atoms with van der Waals surface area (Å²) in [7, 11) is -2.89. The third-order valence-corrected chi connectivity index (χ3v) is 7.26. The number of anilines is 1. The van der Waals surface area contributed by atoms with Crippen LogP contribution in [0.4, 0.5) is 5.69 Å². The van der Waals surface area contributed by atoms with E-state index in [-0.39, 0.29) is 17.5 Å². The number of hydrogen-bond donors (Lipinski definition) is 2. The first-order valence-electron chi connectivity index (χ1n) is 10.3. The zero-order valence-corrected chi connectivity index (χ0v) is 17.8. The molecule has 0 aromatic heterocycles. The summed E-state index contributed by atoms with van der Waals surface area (Å²) in [6.45, 7) is 9.79.